The minimum atomic E-state index is -4.70. The van der Waals surface area contributed by atoms with Crippen LogP contribution in [0.1, 0.15) is 0 Å². The van der Waals surface area contributed by atoms with Gasteiger partial charge in [0, 0.05) is 26.2 Å². The zero-order valence-corrected chi connectivity index (χ0v) is 20.3. The first kappa shape index (κ1) is 23.9. The highest BCUT2D eigenvalue weighted by Crippen LogP contribution is 2.41. The molecule has 1 fully saturated rings. The number of hydrogen-bond acceptors (Lipinski definition) is 6. The van der Waals surface area contributed by atoms with Gasteiger partial charge in [-0.3, -0.25) is 4.72 Å². The Hall–Kier alpha value is -2.22. The van der Waals surface area contributed by atoms with Crippen LogP contribution in [0.4, 0.5) is 28.4 Å². The number of likely N-dealkylation sites (N-methyl/N-ethyl adjacent to an activating group) is 1. The van der Waals surface area contributed by atoms with E-state index in [9.17, 15) is 21.6 Å². The zero-order chi connectivity index (χ0) is 23.9. The summed E-state index contributed by atoms with van der Waals surface area (Å²) in [6.07, 6.45) is 0. The number of thiazole rings is 1. The number of nitrogens with one attached hydrogen (secondary N) is 1. The number of benzene rings is 2. The van der Waals surface area contributed by atoms with E-state index in [0.717, 1.165) is 31.3 Å². The van der Waals surface area contributed by atoms with Crippen molar-refractivity contribution in [3.8, 4) is 11.3 Å². The number of anilines is 2. The van der Waals surface area contributed by atoms with E-state index in [4.69, 9.17) is 0 Å². The van der Waals surface area contributed by atoms with Gasteiger partial charge in [-0.25, -0.2) is 31.0 Å². The summed E-state index contributed by atoms with van der Waals surface area (Å²) in [5, 5.41) is 0.566. The number of halogens is 5. The van der Waals surface area contributed by atoms with E-state index in [2.05, 4.69) is 25.8 Å². The summed E-state index contributed by atoms with van der Waals surface area (Å²) in [5.74, 6) is -4.39. The molecule has 2 aromatic carbocycles. The van der Waals surface area contributed by atoms with Gasteiger partial charge in [0.15, 0.2) is 10.9 Å². The van der Waals surface area contributed by atoms with Crippen molar-refractivity contribution in [2.45, 2.75) is 4.90 Å². The predicted molar refractivity (Wildman–Crippen MR) is 122 cm³/mol. The summed E-state index contributed by atoms with van der Waals surface area (Å²) >= 11 is 4.50. The molecule has 0 spiro atoms. The lowest BCUT2D eigenvalue weighted by molar-refractivity contribution is 0.313. The van der Waals surface area contributed by atoms with Crippen molar-refractivity contribution in [1.29, 1.82) is 0 Å². The maximum absolute atomic E-state index is 15.3. The monoisotopic (exact) mass is 564 g/mol. The standard InChI is InChI=1S/C20H17BrF4N4O2S2/c1-28-6-8-29(9-7-28)20-26-18(19(21)32-20)16-13(24)4-5-14(17(16)25)27-33(30,31)15-10-11(22)2-3-12(15)23/h2-5,10,27H,6-9H2,1H3. The third-order valence-electron chi connectivity index (χ3n) is 5.10. The van der Waals surface area contributed by atoms with Crippen molar-refractivity contribution in [2.75, 3.05) is 42.8 Å². The molecule has 13 heteroatoms. The molecule has 1 aromatic heterocycles. The molecule has 0 bridgehead atoms. The van der Waals surface area contributed by atoms with Crippen molar-refractivity contribution >= 4 is 48.1 Å². The molecule has 0 saturated carbocycles. The van der Waals surface area contributed by atoms with E-state index < -0.39 is 49.4 Å². The molecule has 3 aromatic rings. The Balaban J connectivity index is 1.70. The first-order valence-electron chi connectivity index (χ1n) is 9.63. The van der Waals surface area contributed by atoms with Gasteiger partial charge in [-0.2, -0.15) is 0 Å². The van der Waals surface area contributed by atoms with Crippen LogP contribution in [-0.4, -0.2) is 51.5 Å². The molecule has 0 amide bonds. The fourth-order valence-corrected chi connectivity index (χ4v) is 6.03. The summed E-state index contributed by atoms with van der Waals surface area (Å²) in [6, 6.07) is 3.61. The number of nitrogens with zero attached hydrogens (tertiary/aromatic N) is 3. The second-order valence-electron chi connectivity index (χ2n) is 7.37. The van der Waals surface area contributed by atoms with Crippen LogP contribution in [0.2, 0.25) is 0 Å². The fourth-order valence-electron chi connectivity index (χ4n) is 3.31. The topological polar surface area (TPSA) is 65.5 Å². The average molecular weight is 565 g/mol. The van der Waals surface area contributed by atoms with E-state index in [1.165, 1.54) is 11.3 Å². The Morgan fingerprint density at radius 2 is 1.70 bits per heavy atom. The van der Waals surface area contributed by atoms with Crippen molar-refractivity contribution in [1.82, 2.24) is 9.88 Å². The third kappa shape index (κ3) is 4.86. The molecule has 2 heterocycles. The first-order valence-corrected chi connectivity index (χ1v) is 12.7. The number of rotatable bonds is 5. The van der Waals surface area contributed by atoms with Gasteiger partial charge in [0.1, 0.15) is 31.8 Å². The highest BCUT2D eigenvalue weighted by molar-refractivity contribution is 9.11. The van der Waals surface area contributed by atoms with E-state index in [1.54, 1.807) is 0 Å². The lowest BCUT2D eigenvalue weighted by atomic mass is 10.1. The van der Waals surface area contributed by atoms with Crippen molar-refractivity contribution < 1.29 is 26.0 Å². The number of piperazine rings is 1. The minimum Gasteiger partial charge on any atom is -0.345 e. The molecule has 6 nitrogen and oxygen atoms in total. The Bertz CT molecular complexity index is 1310. The molecular weight excluding hydrogens is 548 g/mol. The number of hydrogen-bond donors (Lipinski definition) is 1. The SMILES string of the molecule is CN1CCN(c2nc(-c3c(F)ccc(NS(=O)(=O)c4cc(F)ccc4F)c3F)c(Br)s2)CC1. The van der Waals surface area contributed by atoms with Crippen molar-refractivity contribution in [3.63, 3.8) is 0 Å². The van der Waals surface area contributed by atoms with Crippen LogP contribution < -0.4 is 9.62 Å². The van der Waals surface area contributed by atoms with Crippen LogP contribution in [0.25, 0.3) is 11.3 Å². The molecule has 0 unspecified atom stereocenters. The van der Waals surface area contributed by atoms with Crippen LogP contribution in [0.15, 0.2) is 39.0 Å². The van der Waals surface area contributed by atoms with Crippen LogP contribution in [0, 0.1) is 23.3 Å². The highest BCUT2D eigenvalue weighted by atomic mass is 79.9. The van der Waals surface area contributed by atoms with Crippen molar-refractivity contribution in [3.05, 3.63) is 57.4 Å². The van der Waals surface area contributed by atoms with Crippen LogP contribution >= 0.6 is 27.3 Å². The van der Waals surface area contributed by atoms with Crippen LogP contribution in [0.5, 0.6) is 0 Å². The summed E-state index contributed by atoms with van der Waals surface area (Å²) in [6.45, 7) is 3.01. The Kier molecular flexibility index (Phi) is 6.67. The maximum Gasteiger partial charge on any atom is 0.265 e. The molecular formula is C20H17BrF4N4O2S2. The van der Waals surface area contributed by atoms with Gasteiger partial charge in [-0.15, -0.1) is 0 Å². The van der Waals surface area contributed by atoms with Crippen LogP contribution in [0.3, 0.4) is 0 Å². The average Bonchev–Trinajstić information content (AvgIpc) is 3.13. The van der Waals surface area contributed by atoms with E-state index >= 15 is 4.39 Å². The lowest BCUT2D eigenvalue weighted by Crippen LogP contribution is -2.44. The van der Waals surface area contributed by atoms with E-state index in [0.29, 0.717) is 34.1 Å². The van der Waals surface area contributed by atoms with E-state index in [-0.39, 0.29) is 5.69 Å². The maximum atomic E-state index is 15.3. The highest BCUT2D eigenvalue weighted by Gasteiger charge is 2.27. The second kappa shape index (κ2) is 9.20. The van der Waals surface area contributed by atoms with Gasteiger partial charge in [-0.05, 0) is 53.3 Å². The molecule has 0 aliphatic carbocycles. The molecule has 1 aliphatic heterocycles. The Morgan fingerprint density at radius 3 is 2.39 bits per heavy atom. The van der Waals surface area contributed by atoms with Gasteiger partial charge in [0.25, 0.3) is 10.0 Å². The van der Waals surface area contributed by atoms with Gasteiger partial charge in [0.05, 0.1) is 11.3 Å². The molecule has 1 saturated heterocycles. The first-order chi connectivity index (χ1) is 15.6. The molecule has 176 valence electrons. The minimum absolute atomic E-state index is 0.0260. The fraction of sp³-hybridized carbons (Fsp3) is 0.250. The molecule has 0 atom stereocenters. The van der Waals surface area contributed by atoms with Gasteiger partial charge >= 0.3 is 0 Å². The molecule has 1 N–H and O–H groups in total. The third-order valence-corrected chi connectivity index (χ3v) is 8.25. The summed E-state index contributed by atoms with van der Waals surface area (Å²) in [7, 11) is -2.70. The normalized spacial score (nSPS) is 15.2. The Labute approximate surface area is 200 Å². The number of sulfonamides is 1. The van der Waals surface area contributed by atoms with Crippen LogP contribution in [-0.2, 0) is 10.0 Å². The number of aromatic nitrogens is 1. The lowest BCUT2D eigenvalue weighted by Gasteiger charge is -2.32. The largest absolute Gasteiger partial charge is 0.345 e. The molecule has 4 rings (SSSR count). The second-order valence-corrected chi connectivity index (χ2v) is 11.3. The Morgan fingerprint density at radius 1 is 1.03 bits per heavy atom. The summed E-state index contributed by atoms with van der Waals surface area (Å²) in [5.41, 5.74) is -1.20. The van der Waals surface area contributed by atoms with Gasteiger partial charge < -0.3 is 9.80 Å². The van der Waals surface area contributed by atoms with E-state index in [1.807, 2.05) is 16.7 Å². The summed E-state index contributed by atoms with van der Waals surface area (Å²) < 4.78 is 84.8. The van der Waals surface area contributed by atoms with Gasteiger partial charge in [0.2, 0.25) is 0 Å². The smallest absolute Gasteiger partial charge is 0.265 e. The zero-order valence-electron chi connectivity index (χ0n) is 17.1. The summed E-state index contributed by atoms with van der Waals surface area (Å²) in [4.78, 5) is 7.53. The molecule has 1 aliphatic rings. The molecule has 0 radical (unpaired) electrons. The van der Waals surface area contributed by atoms with Crippen molar-refractivity contribution in [2.24, 2.45) is 0 Å². The predicted octanol–water partition coefficient (Wildman–Crippen LogP) is 4.68. The quantitative estimate of drug-likeness (QED) is 0.456. The van der Waals surface area contributed by atoms with Gasteiger partial charge in [-0.1, -0.05) is 11.3 Å². The molecule has 33 heavy (non-hydrogen) atoms.